The van der Waals surface area contributed by atoms with Crippen LogP contribution >= 0.6 is 0 Å². The van der Waals surface area contributed by atoms with Crippen molar-refractivity contribution in [3.63, 3.8) is 0 Å². The van der Waals surface area contributed by atoms with Crippen LogP contribution in [0, 0.1) is 5.92 Å². The summed E-state index contributed by atoms with van der Waals surface area (Å²) in [4.78, 5) is 15.4. The SMILES string of the molecule is CNC1COCC1C(=O)NOCC(F)(F)F. The Morgan fingerprint density at radius 1 is 1.50 bits per heavy atom. The van der Waals surface area contributed by atoms with Gasteiger partial charge in [0.1, 0.15) is 0 Å². The van der Waals surface area contributed by atoms with Gasteiger partial charge in [-0.05, 0) is 7.05 Å². The van der Waals surface area contributed by atoms with Crippen molar-refractivity contribution in [2.75, 3.05) is 26.9 Å². The normalized spacial score (nSPS) is 25.8. The lowest BCUT2D eigenvalue weighted by molar-refractivity contribution is -0.192. The van der Waals surface area contributed by atoms with E-state index in [1.165, 1.54) is 0 Å². The number of alkyl halides is 3. The molecule has 1 heterocycles. The van der Waals surface area contributed by atoms with Crippen LogP contribution in [0.1, 0.15) is 0 Å². The predicted molar refractivity (Wildman–Crippen MR) is 47.3 cm³/mol. The number of rotatable bonds is 4. The quantitative estimate of drug-likeness (QED) is 0.672. The summed E-state index contributed by atoms with van der Waals surface area (Å²) in [6, 6.07) is -0.200. The molecule has 0 aromatic heterocycles. The number of carbonyl (C=O) groups excluding carboxylic acids is 1. The van der Waals surface area contributed by atoms with Crippen LogP contribution in [0.4, 0.5) is 13.2 Å². The van der Waals surface area contributed by atoms with Crippen LogP contribution in [-0.4, -0.2) is 45.0 Å². The minimum absolute atomic E-state index is 0.173. The second-order valence-electron chi connectivity index (χ2n) is 3.41. The summed E-state index contributed by atoms with van der Waals surface area (Å²) < 4.78 is 40.2. The van der Waals surface area contributed by atoms with E-state index in [0.717, 1.165) is 0 Å². The topological polar surface area (TPSA) is 59.6 Å². The fraction of sp³-hybridized carbons (Fsp3) is 0.875. The molecule has 0 bridgehead atoms. The lowest BCUT2D eigenvalue weighted by Gasteiger charge is -2.16. The Morgan fingerprint density at radius 2 is 2.19 bits per heavy atom. The van der Waals surface area contributed by atoms with E-state index in [1.807, 2.05) is 0 Å². The number of amides is 1. The number of nitrogens with one attached hydrogen (secondary N) is 2. The smallest absolute Gasteiger partial charge is 0.379 e. The maximum absolute atomic E-state index is 11.7. The van der Waals surface area contributed by atoms with E-state index < -0.39 is 24.6 Å². The first kappa shape index (κ1) is 13.2. The summed E-state index contributed by atoms with van der Waals surface area (Å²) in [5, 5.41) is 2.84. The molecule has 1 amide bonds. The molecule has 2 atom stereocenters. The molecule has 16 heavy (non-hydrogen) atoms. The van der Waals surface area contributed by atoms with Gasteiger partial charge in [-0.3, -0.25) is 9.63 Å². The van der Waals surface area contributed by atoms with Crippen LogP contribution in [0.3, 0.4) is 0 Å². The lowest BCUT2D eigenvalue weighted by atomic mass is 10.0. The lowest BCUT2D eigenvalue weighted by Crippen LogP contribution is -2.43. The van der Waals surface area contributed by atoms with Gasteiger partial charge >= 0.3 is 6.18 Å². The molecule has 1 aliphatic heterocycles. The van der Waals surface area contributed by atoms with Gasteiger partial charge in [-0.2, -0.15) is 13.2 Å². The number of halogens is 3. The van der Waals surface area contributed by atoms with Gasteiger partial charge in [0.15, 0.2) is 6.61 Å². The van der Waals surface area contributed by atoms with Crippen LogP contribution in [0.15, 0.2) is 0 Å². The Bertz CT molecular complexity index is 247. The third-order valence-corrected chi connectivity index (χ3v) is 2.20. The fourth-order valence-corrected chi connectivity index (χ4v) is 1.36. The fourth-order valence-electron chi connectivity index (χ4n) is 1.36. The van der Waals surface area contributed by atoms with E-state index in [-0.39, 0.29) is 12.6 Å². The molecule has 5 nitrogen and oxygen atoms in total. The Balaban J connectivity index is 2.29. The second-order valence-corrected chi connectivity index (χ2v) is 3.41. The Hall–Kier alpha value is -0.860. The molecular weight excluding hydrogens is 229 g/mol. The van der Waals surface area contributed by atoms with Crippen LogP contribution in [0.2, 0.25) is 0 Å². The summed E-state index contributed by atoms with van der Waals surface area (Å²) in [5.41, 5.74) is 1.77. The molecule has 0 spiro atoms. The third kappa shape index (κ3) is 3.95. The highest BCUT2D eigenvalue weighted by Gasteiger charge is 2.34. The first-order chi connectivity index (χ1) is 7.44. The molecule has 0 aromatic rings. The summed E-state index contributed by atoms with van der Waals surface area (Å²) >= 11 is 0. The first-order valence-electron chi connectivity index (χ1n) is 4.67. The average Bonchev–Trinajstić information content (AvgIpc) is 2.63. The first-order valence-corrected chi connectivity index (χ1v) is 4.67. The molecule has 2 unspecified atom stereocenters. The van der Waals surface area contributed by atoms with E-state index >= 15 is 0 Å². The van der Waals surface area contributed by atoms with Gasteiger partial charge in [-0.25, -0.2) is 5.48 Å². The highest BCUT2D eigenvalue weighted by molar-refractivity contribution is 5.78. The van der Waals surface area contributed by atoms with E-state index in [4.69, 9.17) is 4.74 Å². The molecule has 0 aromatic carbocycles. The maximum Gasteiger partial charge on any atom is 0.414 e. The van der Waals surface area contributed by atoms with Gasteiger partial charge < -0.3 is 10.1 Å². The summed E-state index contributed by atoms with van der Waals surface area (Å²) in [6.07, 6.45) is -4.46. The maximum atomic E-state index is 11.7. The van der Waals surface area contributed by atoms with Gasteiger partial charge in [0.05, 0.1) is 19.1 Å². The van der Waals surface area contributed by atoms with Crippen molar-refractivity contribution < 1.29 is 27.5 Å². The minimum atomic E-state index is -4.46. The van der Waals surface area contributed by atoms with Crippen LogP contribution in [-0.2, 0) is 14.4 Å². The van der Waals surface area contributed by atoms with Crippen molar-refractivity contribution in [3.05, 3.63) is 0 Å². The number of ether oxygens (including phenoxy) is 1. The minimum Gasteiger partial charge on any atom is -0.379 e. The summed E-state index contributed by atoms with van der Waals surface area (Å²) in [5.74, 6) is -1.14. The Labute approximate surface area is 90.2 Å². The molecule has 94 valence electrons. The highest BCUT2D eigenvalue weighted by atomic mass is 19.4. The molecule has 0 aliphatic carbocycles. The number of likely N-dealkylation sites (N-methyl/N-ethyl adjacent to an activating group) is 1. The van der Waals surface area contributed by atoms with Gasteiger partial charge in [0.2, 0.25) is 0 Å². The van der Waals surface area contributed by atoms with Crippen molar-refractivity contribution >= 4 is 5.91 Å². The number of carbonyl (C=O) groups is 1. The number of hydrogen-bond donors (Lipinski definition) is 2. The monoisotopic (exact) mass is 242 g/mol. The van der Waals surface area contributed by atoms with Crippen LogP contribution < -0.4 is 10.8 Å². The van der Waals surface area contributed by atoms with E-state index in [9.17, 15) is 18.0 Å². The highest BCUT2D eigenvalue weighted by Crippen LogP contribution is 2.15. The van der Waals surface area contributed by atoms with Crippen LogP contribution in [0.25, 0.3) is 0 Å². The van der Waals surface area contributed by atoms with Gasteiger partial charge in [-0.15, -0.1) is 0 Å². The van der Waals surface area contributed by atoms with Gasteiger partial charge in [-0.1, -0.05) is 0 Å². The third-order valence-electron chi connectivity index (χ3n) is 2.20. The molecular formula is C8H13F3N2O3. The van der Waals surface area contributed by atoms with Gasteiger partial charge in [0, 0.05) is 6.04 Å². The van der Waals surface area contributed by atoms with Crippen molar-refractivity contribution in [1.29, 1.82) is 0 Å². The predicted octanol–water partition coefficient (Wildman–Crippen LogP) is -0.169. The zero-order valence-electron chi connectivity index (χ0n) is 8.63. The van der Waals surface area contributed by atoms with Crippen molar-refractivity contribution in [1.82, 2.24) is 10.8 Å². The molecule has 0 radical (unpaired) electrons. The van der Waals surface area contributed by atoms with E-state index in [1.54, 1.807) is 12.5 Å². The van der Waals surface area contributed by atoms with E-state index in [2.05, 4.69) is 10.2 Å². The zero-order chi connectivity index (χ0) is 12.2. The largest absolute Gasteiger partial charge is 0.414 e. The van der Waals surface area contributed by atoms with Gasteiger partial charge in [0.25, 0.3) is 5.91 Å². The molecule has 1 aliphatic rings. The number of hydroxylamine groups is 1. The summed E-state index contributed by atoms with van der Waals surface area (Å²) in [7, 11) is 1.65. The zero-order valence-corrected chi connectivity index (χ0v) is 8.63. The molecule has 1 saturated heterocycles. The second kappa shape index (κ2) is 5.46. The Morgan fingerprint density at radius 3 is 2.75 bits per heavy atom. The summed E-state index contributed by atoms with van der Waals surface area (Å²) in [6.45, 7) is -0.975. The molecule has 8 heteroatoms. The standard InChI is InChI=1S/C8H13F3N2O3/c1-12-6-3-15-2-5(6)7(14)13-16-4-8(9,10)11/h5-6,12H,2-4H2,1H3,(H,13,14). The van der Waals surface area contributed by atoms with Crippen molar-refractivity contribution in [3.8, 4) is 0 Å². The number of hydrogen-bond acceptors (Lipinski definition) is 4. The molecule has 1 rings (SSSR count). The average molecular weight is 242 g/mol. The van der Waals surface area contributed by atoms with Crippen LogP contribution in [0.5, 0.6) is 0 Å². The van der Waals surface area contributed by atoms with E-state index in [0.29, 0.717) is 6.61 Å². The van der Waals surface area contributed by atoms with Crippen molar-refractivity contribution in [2.45, 2.75) is 12.2 Å². The molecule has 2 N–H and O–H groups in total. The molecule has 1 fully saturated rings. The Kier molecular flexibility index (Phi) is 4.51. The molecule has 0 saturated carbocycles. The van der Waals surface area contributed by atoms with Crippen molar-refractivity contribution in [2.24, 2.45) is 5.92 Å².